The van der Waals surface area contributed by atoms with Crippen molar-refractivity contribution in [2.24, 2.45) is 4.99 Å². The van der Waals surface area contributed by atoms with Crippen molar-refractivity contribution in [3.8, 4) is 5.75 Å². The maximum absolute atomic E-state index is 12.2. The number of methoxy groups -OCH3 is 1. The van der Waals surface area contributed by atoms with Crippen LogP contribution in [0.5, 0.6) is 5.75 Å². The van der Waals surface area contributed by atoms with E-state index in [1.165, 1.54) is 0 Å². The minimum atomic E-state index is -0.118. The van der Waals surface area contributed by atoms with Crippen molar-refractivity contribution in [3.05, 3.63) is 29.8 Å². The van der Waals surface area contributed by atoms with Gasteiger partial charge in [-0.05, 0) is 52.8 Å². The molecule has 0 aliphatic heterocycles. The monoisotopic (exact) mass is 391 g/mol. The van der Waals surface area contributed by atoms with E-state index in [4.69, 9.17) is 4.74 Å². The summed E-state index contributed by atoms with van der Waals surface area (Å²) in [5, 5.41) is 9.41. The molecule has 1 amide bonds. The first kappa shape index (κ1) is 23.8. The standard InChI is InChI=1S/C21H37N5O2/c1-7-22-21(25-13-14-26(16(2)3)17(4)5)24-12-11-23-20(27)18-9-8-10-19(15-18)28-6/h8-10,15-17H,7,11-14H2,1-6H3,(H,23,27)(H2,22,24,25). The molecule has 0 heterocycles. The quantitative estimate of drug-likeness (QED) is 0.306. The number of carbonyl (C=O) groups excluding carboxylic acids is 1. The molecule has 0 atom stereocenters. The van der Waals surface area contributed by atoms with Crippen molar-refractivity contribution in [1.29, 1.82) is 0 Å². The molecular weight excluding hydrogens is 354 g/mol. The second-order valence-electron chi connectivity index (χ2n) is 7.10. The number of hydrogen-bond donors (Lipinski definition) is 3. The molecule has 1 aromatic rings. The van der Waals surface area contributed by atoms with Gasteiger partial charge in [-0.25, -0.2) is 0 Å². The second kappa shape index (κ2) is 13.0. The first-order valence-electron chi connectivity index (χ1n) is 10.1. The number of guanidine groups is 1. The van der Waals surface area contributed by atoms with Gasteiger partial charge in [-0.3, -0.25) is 14.7 Å². The van der Waals surface area contributed by atoms with Crippen molar-refractivity contribution >= 4 is 11.9 Å². The van der Waals surface area contributed by atoms with Gasteiger partial charge < -0.3 is 20.7 Å². The SMILES string of the molecule is CCNC(=NCCN(C(C)C)C(C)C)NCCNC(=O)c1cccc(OC)c1. The van der Waals surface area contributed by atoms with E-state index in [1.807, 2.05) is 13.0 Å². The number of amides is 1. The first-order valence-corrected chi connectivity index (χ1v) is 10.1. The van der Waals surface area contributed by atoms with Crippen LogP contribution in [0.1, 0.15) is 45.0 Å². The highest BCUT2D eigenvalue weighted by molar-refractivity contribution is 5.94. The molecule has 3 N–H and O–H groups in total. The third-order valence-electron chi connectivity index (χ3n) is 4.33. The fourth-order valence-corrected chi connectivity index (χ4v) is 2.96. The fraction of sp³-hybridized carbons (Fsp3) is 0.619. The Bertz CT molecular complexity index is 609. The van der Waals surface area contributed by atoms with E-state index < -0.39 is 0 Å². The summed E-state index contributed by atoms with van der Waals surface area (Å²) in [7, 11) is 1.59. The molecule has 0 spiro atoms. The number of benzene rings is 1. The number of hydrogen-bond acceptors (Lipinski definition) is 4. The summed E-state index contributed by atoms with van der Waals surface area (Å²) >= 11 is 0. The average molecular weight is 392 g/mol. The Balaban J connectivity index is 2.44. The maximum atomic E-state index is 12.2. The minimum absolute atomic E-state index is 0.118. The zero-order chi connectivity index (χ0) is 20.9. The van der Waals surface area contributed by atoms with E-state index in [0.29, 0.717) is 36.5 Å². The highest BCUT2D eigenvalue weighted by Crippen LogP contribution is 2.12. The van der Waals surface area contributed by atoms with Crippen molar-refractivity contribution < 1.29 is 9.53 Å². The first-order chi connectivity index (χ1) is 13.4. The molecule has 0 saturated carbocycles. The van der Waals surface area contributed by atoms with Crippen molar-refractivity contribution in [1.82, 2.24) is 20.9 Å². The predicted octanol–water partition coefficient (Wildman–Crippen LogP) is 2.10. The summed E-state index contributed by atoms with van der Waals surface area (Å²) in [5.74, 6) is 1.32. The van der Waals surface area contributed by atoms with E-state index in [2.05, 4.69) is 53.5 Å². The molecule has 0 bridgehead atoms. The van der Waals surface area contributed by atoms with Gasteiger partial charge in [0.1, 0.15) is 5.75 Å². The maximum Gasteiger partial charge on any atom is 0.251 e. The second-order valence-corrected chi connectivity index (χ2v) is 7.10. The number of nitrogens with one attached hydrogen (secondary N) is 3. The summed E-state index contributed by atoms with van der Waals surface area (Å²) < 4.78 is 5.15. The van der Waals surface area contributed by atoms with E-state index in [9.17, 15) is 4.79 Å². The zero-order valence-corrected chi connectivity index (χ0v) is 18.2. The van der Waals surface area contributed by atoms with Gasteiger partial charge in [0.25, 0.3) is 5.91 Å². The molecule has 1 aromatic carbocycles. The smallest absolute Gasteiger partial charge is 0.251 e. The molecule has 0 fully saturated rings. The predicted molar refractivity (Wildman–Crippen MR) is 116 cm³/mol. The summed E-state index contributed by atoms with van der Waals surface area (Å²) in [6.07, 6.45) is 0. The molecule has 0 aliphatic rings. The van der Waals surface area contributed by atoms with Gasteiger partial charge >= 0.3 is 0 Å². The van der Waals surface area contributed by atoms with E-state index in [-0.39, 0.29) is 5.91 Å². The molecule has 0 unspecified atom stereocenters. The molecular formula is C21H37N5O2. The molecule has 0 saturated heterocycles. The lowest BCUT2D eigenvalue weighted by Gasteiger charge is -2.29. The van der Waals surface area contributed by atoms with E-state index >= 15 is 0 Å². The van der Waals surface area contributed by atoms with Gasteiger partial charge in [-0.1, -0.05) is 6.07 Å². The van der Waals surface area contributed by atoms with Crippen molar-refractivity contribution in [2.75, 3.05) is 39.8 Å². The van der Waals surface area contributed by atoms with E-state index in [0.717, 1.165) is 25.6 Å². The van der Waals surface area contributed by atoms with Crippen LogP contribution < -0.4 is 20.7 Å². The zero-order valence-electron chi connectivity index (χ0n) is 18.2. The number of ether oxygens (including phenoxy) is 1. The number of nitrogens with zero attached hydrogens (tertiary/aromatic N) is 2. The molecule has 7 nitrogen and oxygen atoms in total. The molecule has 7 heteroatoms. The van der Waals surface area contributed by atoms with Crippen LogP contribution in [0, 0.1) is 0 Å². The van der Waals surface area contributed by atoms with Crippen LogP contribution in [0.3, 0.4) is 0 Å². The molecule has 0 aromatic heterocycles. The fourth-order valence-electron chi connectivity index (χ4n) is 2.96. The van der Waals surface area contributed by atoms with Crippen molar-refractivity contribution in [3.63, 3.8) is 0 Å². The molecule has 0 radical (unpaired) electrons. The number of carbonyl (C=O) groups is 1. The minimum Gasteiger partial charge on any atom is -0.497 e. The molecule has 28 heavy (non-hydrogen) atoms. The third kappa shape index (κ3) is 8.61. The van der Waals surface area contributed by atoms with E-state index in [1.54, 1.807) is 25.3 Å². The number of aliphatic imine (C=N–C) groups is 1. The Labute approximate surface area is 169 Å². The van der Waals surface area contributed by atoms with Gasteiger partial charge in [0.05, 0.1) is 13.7 Å². The topological polar surface area (TPSA) is 78.0 Å². The van der Waals surface area contributed by atoms with Crippen LogP contribution in [-0.2, 0) is 0 Å². The summed E-state index contributed by atoms with van der Waals surface area (Å²) in [5.41, 5.74) is 0.586. The van der Waals surface area contributed by atoms with Crippen molar-refractivity contribution in [2.45, 2.75) is 46.7 Å². The Kier molecular flexibility index (Phi) is 11.0. The van der Waals surface area contributed by atoms with Gasteiger partial charge in [0.2, 0.25) is 0 Å². The Hall–Kier alpha value is -2.28. The van der Waals surface area contributed by atoms with Crippen LogP contribution in [0.15, 0.2) is 29.3 Å². The van der Waals surface area contributed by atoms with Crippen LogP contribution >= 0.6 is 0 Å². The molecule has 158 valence electrons. The van der Waals surface area contributed by atoms with Gasteiger partial charge in [0, 0.05) is 43.8 Å². The van der Waals surface area contributed by atoms with Gasteiger partial charge in [0.15, 0.2) is 5.96 Å². The summed E-state index contributed by atoms with van der Waals surface area (Å²) in [6.45, 7) is 14.4. The van der Waals surface area contributed by atoms with Crippen LogP contribution in [0.25, 0.3) is 0 Å². The normalized spacial score (nSPS) is 11.8. The third-order valence-corrected chi connectivity index (χ3v) is 4.33. The average Bonchev–Trinajstić information content (AvgIpc) is 2.67. The highest BCUT2D eigenvalue weighted by Gasteiger charge is 2.12. The largest absolute Gasteiger partial charge is 0.497 e. The van der Waals surface area contributed by atoms with Gasteiger partial charge in [-0.2, -0.15) is 0 Å². The van der Waals surface area contributed by atoms with Crippen LogP contribution in [-0.4, -0.2) is 68.7 Å². The van der Waals surface area contributed by atoms with Crippen LogP contribution in [0.2, 0.25) is 0 Å². The Morgan fingerprint density at radius 2 is 1.79 bits per heavy atom. The number of rotatable bonds is 11. The summed E-state index contributed by atoms with van der Waals surface area (Å²) in [6, 6.07) is 8.11. The Morgan fingerprint density at radius 3 is 2.39 bits per heavy atom. The molecule has 1 rings (SSSR count). The highest BCUT2D eigenvalue weighted by atomic mass is 16.5. The lowest BCUT2D eigenvalue weighted by atomic mass is 10.2. The van der Waals surface area contributed by atoms with Gasteiger partial charge in [-0.15, -0.1) is 0 Å². The lowest BCUT2D eigenvalue weighted by molar-refractivity contribution is 0.0954. The molecule has 0 aliphatic carbocycles. The van der Waals surface area contributed by atoms with Crippen LogP contribution in [0.4, 0.5) is 0 Å². The Morgan fingerprint density at radius 1 is 1.11 bits per heavy atom. The lowest BCUT2D eigenvalue weighted by Crippen LogP contribution is -2.42. The summed E-state index contributed by atoms with van der Waals surface area (Å²) in [4.78, 5) is 19.3.